The van der Waals surface area contributed by atoms with Gasteiger partial charge in [-0.3, -0.25) is 0 Å². The predicted molar refractivity (Wildman–Crippen MR) is 63.5 cm³/mol. The van der Waals surface area contributed by atoms with Crippen LogP contribution in [0.15, 0.2) is 12.1 Å². The summed E-state index contributed by atoms with van der Waals surface area (Å²) >= 11 is 0. The minimum atomic E-state index is 0.328. The Kier molecular flexibility index (Phi) is 2.91. The van der Waals surface area contributed by atoms with Crippen molar-refractivity contribution in [2.75, 3.05) is 27.0 Å². The molecule has 92 valence electrons. The Morgan fingerprint density at radius 3 is 2.88 bits per heavy atom. The SMILES string of the molecule is COCc1cc2c(cc1C1CCNC1)OCO2. The summed E-state index contributed by atoms with van der Waals surface area (Å²) < 4.78 is 16.1. The number of methoxy groups -OCH3 is 1. The lowest BCUT2D eigenvalue weighted by molar-refractivity contribution is 0.173. The normalized spacial score (nSPS) is 22.1. The molecule has 0 bridgehead atoms. The molecular weight excluding hydrogens is 218 g/mol. The molecule has 3 rings (SSSR count). The molecule has 0 spiro atoms. The quantitative estimate of drug-likeness (QED) is 0.864. The predicted octanol–water partition coefficient (Wildman–Crippen LogP) is 1.64. The summed E-state index contributed by atoms with van der Waals surface area (Å²) in [6.07, 6.45) is 1.18. The first-order chi connectivity index (χ1) is 8.38. The summed E-state index contributed by atoms with van der Waals surface area (Å²) in [5, 5.41) is 3.39. The number of fused-ring (bicyclic) bond motifs is 1. The Bertz CT molecular complexity index is 413. The van der Waals surface area contributed by atoms with Crippen LogP contribution in [0.3, 0.4) is 0 Å². The second kappa shape index (κ2) is 4.55. The molecule has 0 saturated carbocycles. The molecule has 1 unspecified atom stereocenters. The number of ether oxygens (including phenoxy) is 3. The first-order valence-corrected chi connectivity index (χ1v) is 6.00. The van der Waals surface area contributed by atoms with Gasteiger partial charge in [0.25, 0.3) is 0 Å². The summed E-state index contributed by atoms with van der Waals surface area (Å²) in [7, 11) is 1.72. The van der Waals surface area contributed by atoms with Crippen molar-refractivity contribution in [3.8, 4) is 11.5 Å². The average Bonchev–Trinajstić information content (AvgIpc) is 2.98. The number of nitrogens with one attached hydrogen (secondary N) is 1. The van der Waals surface area contributed by atoms with Crippen LogP contribution >= 0.6 is 0 Å². The molecule has 2 aliphatic rings. The van der Waals surface area contributed by atoms with Crippen LogP contribution in [-0.2, 0) is 11.3 Å². The topological polar surface area (TPSA) is 39.7 Å². The Labute approximate surface area is 101 Å². The fourth-order valence-corrected chi connectivity index (χ4v) is 2.58. The van der Waals surface area contributed by atoms with E-state index in [9.17, 15) is 0 Å². The molecule has 1 atom stereocenters. The van der Waals surface area contributed by atoms with E-state index in [0.29, 0.717) is 19.3 Å². The van der Waals surface area contributed by atoms with Crippen LogP contribution < -0.4 is 14.8 Å². The molecule has 0 aliphatic carbocycles. The van der Waals surface area contributed by atoms with E-state index >= 15 is 0 Å². The Hall–Kier alpha value is -1.26. The van der Waals surface area contributed by atoms with Gasteiger partial charge in [0.15, 0.2) is 11.5 Å². The third-order valence-corrected chi connectivity index (χ3v) is 3.43. The van der Waals surface area contributed by atoms with E-state index in [1.54, 1.807) is 7.11 Å². The van der Waals surface area contributed by atoms with Gasteiger partial charge in [-0.1, -0.05) is 0 Å². The van der Waals surface area contributed by atoms with Crippen molar-refractivity contribution in [1.82, 2.24) is 5.32 Å². The monoisotopic (exact) mass is 235 g/mol. The number of hydrogen-bond acceptors (Lipinski definition) is 4. The van der Waals surface area contributed by atoms with E-state index in [1.807, 2.05) is 0 Å². The van der Waals surface area contributed by atoms with Gasteiger partial charge in [0, 0.05) is 13.7 Å². The van der Waals surface area contributed by atoms with Crippen LogP contribution in [0.1, 0.15) is 23.5 Å². The zero-order chi connectivity index (χ0) is 11.7. The lowest BCUT2D eigenvalue weighted by atomic mass is 9.93. The van der Waals surface area contributed by atoms with Gasteiger partial charge in [0.1, 0.15) is 0 Å². The number of rotatable bonds is 3. The molecular formula is C13H17NO3. The number of hydrogen-bond donors (Lipinski definition) is 1. The van der Waals surface area contributed by atoms with Gasteiger partial charge in [0.2, 0.25) is 6.79 Å². The molecule has 1 aromatic rings. The Morgan fingerprint density at radius 1 is 1.35 bits per heavy atom. The van der Waals surface area contributed by atoms with Crippen molar-refractivity contribution < 1.29 is 14.2 Å². The summed E-state index contributed by atoms with van der Waals surface area (Å²) in [5.41, 5.74) is 2.55. The van der Waals surface area contributed by atoms with E-state index in [-0.39, 0.29) is 0 Å². The summed E-state index contributed by atoms with van der Waals surface area (Å²) in [5.74, 6) is 2.27. The van der Waals surface area contributed by atoms with Crippen molar-refractivity contribution in [1.29, 1.82) is 0 Å². The molecule has 1 saturated heterocycles. The highest BCUT2D eigenvalue weighted by Gasteiger charge is 2.24. The molecule has 1 N–H and O–H groups in total. The summed E-state index contributed by atoms with van der Waals surface area (Å²) in [6, 6.07) is 4.17. The molecule has 0 radical (unpaired) electrons. The van der Waals surface area contributed by atoms with Crippen LogP contribution in [0.4, 0.5) is 0 Å². The standard InChI is InChI=1S/C13H17NO3/c1-15-7-10-4-12-13(17-8-16-12)5-11(10)9-2-3-14-6-9/h4-5,9,14H,2-3,6-8H2,1H3. The molecule has 4 heteroatoms. The first kappa shape index (κ1) is 10.9. The van der Waals surface area contributed by atoms with Gasteiger partial charge in [-0.2, -0.15) is 0 Å². The van der Waals surface area contributed by atoms with Gasteiger partial charge in [0.05, 0.1) is 6.61 Å². The molecule has 0 amide bonds. The van der Waals surface area contributed by atoms with E-state index in [4.69, 9.17) is 14.2 Å². The lowest BCUT2D eigenvalue weighted by Crippen LogP contribution is -2.09. The van der Waals surface area contributed by atoms with Crippen molar-refractivity contribution in [2.45, 2.75) is 18.9 Å². The van der Waals surface area contributed by atoms with Gasteiger partial charge in [-0.05, 0) is 42.1 Å². The van der Waals surface area contributed by atoms with E-state index in [1.165, 1.54) is 17.5 Å². The fourth-order valence-electron chi connectivity index (χ4n) is 2.58. The molecule has 2 heterocycles. The minimum absolute atomic E-state index is 0.328. The second-order valence-corrected chi connectivity index (χ2v) is 4.53. The maximum absolute atomic E-state index is 5.45. The molecule has 1 aromatic carbocycles. The molecule has 2 aliphatic heterocycles. The molecule has 0 aromatic heterocycles. The van der Waals surface area contributed by atoms with Crippen molar-refractivity contribution in [2.24, 2.45) is 0 Å². The van der Waals surface area contributed by atoms with Gasteiger partial charge < -0.3 is 19.5 Å². The highest BCUT2D eigenvalue weighted by atomic mass is 16.7. The van der Waals surface area contributed by atoms with Crippen LogP contribution in [0.2, 0.25) is 0 Å². The van der Waals surface area contributed by atoms with Gasteiger partial charge >= 0.3 is 0 Å². The van der Waals surface area contributed by atoms with Crippen LogP contribution in [0, 0.1) is 0 Å². The van der Waals surface area contributed by atoms with Crippen LogP contribution in [0.25, 0.3) is 0 Å². The second-order valence-electron chi connectivity index (χ2n) is 4.53. The van der Waals surface area contributed by atoms with E-state index in [0.717, 1.165) is 24.6 Å². The van der Waals surface area contributed by atoms with E-state index < -0.39 is 0 Å². The summed E-state index contributed by atoms with van der Waals surface area (Å²) in [4.78, 5) is 0. The maximum Gasteiger partial charge on any atom is 0.231 e. The zero-order valence-electron chi connectivity index (χ0n) is 9.99. The summed E-state index contributed by atoms with van der Waals surface area (Å²) in [6.45, 7) is 3.08. The van der Waals surface area contributed by atoms with Crippen LogP contribution in [-0.4, -0.2) is 27.0 Å². The third-order valence-electron chi connectivity index (χ3n) is 3.43. The maximum atomic E-state index is 5.45. The first-order valence-electron chi connectivity index (χ1n) is 6.00. The largest absolute Gasteiger partial charge is 0.454 e. The fraction of sp³-hybridized carbons (Fsp3) is 0.538. The van der Waals surface area contributed by atoms with Crippen molar-refractivity contribution >= 4 is 0 Å². The molecule has 1 fully saturated rings. The van der Waals surface area contributed by atoms with Crippen molar-refractivity contribution in [3.05, 3.63) is 23.3 Å². The Morgan fingerprint density at radius 2 is 2.18 bits per heavy atom. The highest BCUT2D eigenvalue weighted by Crippen LogP contribution is 2.38. The van der Waals surface area contributed by atoms with Gasteiger partial charge in [-0.25, -0.2) is 0 Å². The van der Waals surface area contributed by atoms with Crippen molar-refractivity contribution in [3.63, 3.8) is 0 Å². The third kappa shape index (κ3) is 1.98. The highest BCUT2D eigenvalue weighted by molar-refractivity contribution is 5.50. The Balaban J connectivity index is 1.98. The van der Waals surface area contributed by atoms with Crippen LogP contribution in [0.5, 0.6) is 11.5 Å². The van der Waals surface area contributed by atoms with E-state index in [2.05, 4.69) is 17.4 Å². The van der Waals surface area contributed by atoms with Gasteiger partial charge in [-0.15, -0.1) is 0 Å². The average molecular weight is 235 g/mol. The molecule has 17 heavy (non-hydrogen) atoms. The smallest absolute Gasteiger partial charge is 0.231 e. The zero-order valence-corrected chi connectivity index (χ0v) is 9.99. The number of benzene rings is 1. The minimum Gasteiger partial charge on any atom is -0.454 e. The lowest BCUT2D eigenvalue weighted by Gasteiger charge is -2.15. The molecule has 4 nitrogen and oxygen atoms in total.